The maximum absolute atomic E-state index is 10.8. The summed E-state index contributed by atoms with van der Waals surface area (Å²) in [6.45, 7) is 6.26. The Morgan fingerprint density at radius 2 is 1.93 bits per heavy atom. The predicted octanol–water partition coefficient (Wildman–Crippen LogP) is 4.63. The molecule has 0 bridgehead atoms. The molecular weight excluding hydrogens is 354 g/mol. The fourth-order valence-corrected chi connectivity index (χ4v) is 4.39. The highest BCUT2D eigenvalue weighted by Gasteiger charge is 2.43. The summed E-state index contributed by atoms with van der Waals surface area (Å²) in [5, 5.41) is 8.87. The van der Waals surface area contributed by atoms with Crippen LogP contribution in [0.5, 0.6) is 11.5 Å². The molecule has 1 N–H and O–H groups in total. The van der Waals surface area contributed by atoms with E-state index in [9.17, 15) is 4.79 Å². The van der Waals surface area contributed by atoms with Crippen molar-refractivity contribution in [1.29, 1.82) is 0 Å². The molecule has 0 atom stereocenters. The summed E-state index contributed by atoms with van der Waals surface area (Å²) in [4.78, 5) is 13.0. The monoisotopic (exact) mass is 389 g/mol. The molecule has 5 nitrogen and oxygen atoms in total. The molecule has 1 spiro atoms. The molecule has 0 saturated carbocycles. The molecule has 0 aliphatic carbocycles. The minimum Gasteiger partial charge on any atom is -0.493 e. The number of benzene rings is 1. The van der Waals surface area contributed by atoms with Gasteiger partial charge in [-0.15, -0.1) is 0 Å². The van der Waals surface area contributed by atoms with Crippen molar-refractivity contribution in [2.75, 3.05) is 32.8 Å². The number of nitrogens with zero attached hydrogens (tertiary/aromatic N) is 1. The molecule has 2 aliphatic heterocycles. The number of carboxylic acids is 1. The third-order valence-electron chi connectivity index (χ3n) is 6.25. The van der Waals surface area contributed by atoms with E-state index < -0.39 is 5.97 Å². The molecule has 1 fully saturated rings. The van der Waals surface area contributed by atoms with Gasteiger partial charge in [0.05, 0.1) is 19.6 Å². The molecule has 1 saturated heterocycles. The van der Waals surface area contributed by atoms with Gasteiger partial charge in [0.25, 0.3) is 0 Å². The van der Waals surface area contributed by atoms with Gasteiger partial charge >= 0.3 is 5.97 Å². The number of rotatable bonds is 11. The van der Waals surface area contributed by atoms with Gasteiger partial charge in [0.1, 0.15) is 11.5 Å². The van der Waals surface area contributed by atoms with Gasteiger partial charge in [0, 0.05) is 23.6 Å². The van der Waals surface area contributed by atoms with E-state index in [1.165, 1.54) is 37.7 Å². The topological polar surface area (TPSA) is 59.0 Å². The van der Waals surface area contributed by atoms with Crippen LogP contribution in [0.4, 0.5) is 0 Å². The molecule has 2 heterocycles. The van der Waals surface area contributed by atoms with Crippen molar-refractivity contribution in [3.63, 3.8) is 0 Å². The first kappa shape index (κ1) is 21.0. The second kappa shape index (κ2) is 10.1. The summed E-state index contributed by atoms with van der Waals surface area (Å²) in [5.74, 6) is 1.16. The van der Waals surface area contributed by atoms with E-state index in [0.717, 1.165) is 57.1 Å². The van der Waals surface area contributed by atoms with Crippen LogP contribution in [-0.4, -0.2) is 48.8 Å². The number of likely N-dealkylation sites (tertiary alicyclic amines) is 1. The third kappa shape index (κ3) is 5.40. The zero-order valence-corrected chi connectivity index (χ0v) is 17.3. The highest BCUT2D eigenvalue weighted by Crippen LogP contribution is 2.46. The molecule has 28 heavy (non-hydrogen) atoms. The van der Waals surface area contributed by atoms with Gasteiger partial charge in [-0.05, 0) is 38.4 Å². The minimum atomic E-state index is -0.719. The Hall–Kier alpha value is -1.75. The maximum atomic E-state index is 10.8. The predicted molar refractivity (Wildman–Crippen MR) is 110 cm³/mol. The zero-order valence-electron chi connectivity index (χ0n) is 17.3. The van der Waals surface area contributed by atoms with Crippen LogP contribution in [0.2, 0.25) is 0 Å². The van der Waals surface area contributed by atoms with Crippen molar-refractivity contribution < 1.29 is 19.4 Å². The SMILES string of the molecule is CCCCCCCCOc1ccc2c(c1)OCC21CCN(CCC(=O)O)CC1. The largest absolute Gasteiger partial charge is 0.493 e. The van der Waals surface area contributed by atoms with Crippen LogP contribution >= 0.6 is 0 Å². The van der Waals surface area contributed by atoms with Gasteiger partial charge in [-0.3, -0.25) is 4.79 Å². The molecule has 156 valence electrons. The lowest BCUT2D eigenvalue weighted by molar-refractivity contribution is -0.137. The van der Waals surface area contributed by atoms with Gasteiger partial charge in [-0.25, -0.2) is 0 Å². The van der Waals surface area contributed by atoms with Crippen LogP contribution in [0.1, 0.15) is 70.3 Å². The maximum Gasteiger partial charge on any atom is 0.304 e. The van der Waals surface area contributed by atoms with Crippen molar-refractivity contribution in [3.05, 3.63) is 23.8 Å². The lowest BCUT2D eigenvalue weighted by Crippen LogP contribution is -2.44. The zero-order chi connectivity index (χ0) is 19.8. The van der Waals surface area contributed by atoms with Gasteiger partial charge < -0.3 is 19.5 Å². The highest BCUT2D eigenvalue weighted by atomic mass is 16.5. The van der Waals surface area contributed by atoms with Crippen LogP contribution < -0.4 is 9.47 Å². The molecule has 1 aromatic carbocycles. The number of unbranched alkanes of at least 4 members (excludes halogenated alkanes) is 5. The number of piperidine rings is 1. The standard InChI is InChI=1S/C23H35NO4/c1-2-3-4-5-6-7-16-27-19-8-9-20-21(17-19)28-18-23(20)11-14-24(15-12-23)13-10-22(25)26/h8-9,17H,2-7,10-16,18H2,1H3,(H,25,26). The fraction of sp³-hybridized carbons (Fsp3) is 0.696. The van der Waals surface area contributed by atoms with E-state index in [0.29, 0.717) is 6.54 Å². The quantitative estimate of drug-likeness (QED) is 0.559. The Labute approximate surface area is 169 Å². The van der Waals surface area contributed by atoms with Gasteiger partial charge in [0.2, 0.25) is 0 Å². The van der Waals surface area contributed by atoms with Gasteiger partial charge in [-0.2, -0.15) is 0 Å². The normalized spacial score (nSPS) is 18.0. The number of ether oxygens (including phenoxy) is 2. The average molecular weight is 390 g/mol. The Kier molecular flexibility index (Phi) is 7.60. The molecule has 3 rings (SSSR count). The summed E-state index contributed by atoms with van der Waals surface area (Å²) >= 11 is 0. The lowest BCUT2D eigenvalue weighted by atomic mass is 9.74. The molecule has 0 unspecified atom stereocenters. The Morgan fingerprint density at radius 3 is 2.68 bits per heavy atom. The van der Waals surface area contributed by atoms with E-state index in [-0.39, 0.29) is 11.8 Å². The highest BCUT2D eigenvalue weighted by molar-refractivity contribution is 5.66. The average Bonchev–Trinajstić information content (AvgIpc) is 3.04. The van der Waals surface area contributed by atoms with Crippen molar-refractivity contribution in [1.82, 2.24) is 4.90 Å². The van der Waals surface area contributed by atoms with E-state index in [4.69, 9.17) is 14.6 Å². The number of hydrogen-bond donors (Lipinski definition) is 1. The van der Waals surface area contributed by atoms with Crippen LogP contribution in [0.3, 0.4) is 0 Å². The molecule has 0 radical (unpaired) electrons. The molecule has 2 aliphatic rings. The van der Waals surface area contributed by atoms with Crippen LogP contribution in [0, 0.1) is 0 Å². The molecule has 0 aromatic heterocycles. The summed E-state index contributed by atoms with van der Waals surface area (Å²) in [7, 11) is 0. The number of aliphatic carboxylic acids is 1. The lowest BCUT2D eigenvalue weighted by Gasteiger charge is -2.38. The van der Waals surface area contributed by atoms with Crippen LogP contribution in [-0.2, 0) is 10.2 Å². The number of carbonyl (C=O) groups is 1. The minimum absolute atomic E-state index is 0.0901. The Morgan fingerprint density at radius 1 is 1.18 bits per heavy atom. The van der Waals surface area contributed by atoms with E-state index in [1.807, 2.05) is 0 Å². The Bertz CT molecular complexity index is 637. The van der Waals surface area contributed by atoms with Gasteiger partial charge in [-0.1, -0.05) is 45.1 Å². The number of carboxylic acid groups (broad SMARTS) is 1. The third-order valence-corrected chi connectivity index (χ3v) is 6.25. The summed E-state index contributed by atoms with van der Waals surface area (Å²) in [6.07, 6.45) is 9.88. The van der Waals surface area contributed by atoms with Crippen LogP contribution in [0.15, 0.2) is 18.2 Å². The summed E-state index contributed by atoms with van der Waals surface area (Å²) in [5.41, 5.74) is 1.39. The number of hydrogen-bond acceptors (Lipinski definition) is 4. The van der Waals surface area contributed by atoms with E-state index in [2.05, 4.69) is 30.0 Å². The summed E-state index contributed by atoms with van der Waals surface area (Å²) < 4.78 is 12.0. The second-order valence-corrected chi connectivity index (χ2v) is 8.33. The van der Waals surface area contributed by atoms with Crippen molar-refractivity contribution in [3.8, 4) is 11.5 Å². The number of fused-ring (bicyclic) bond motifs is 2. The first-order valence-electron chi connectivity index (χ1n) is 11.0. The first-order valence-corrected chi connectivity index (χ1v) is 11.0. The van der Waals surface area contributed by atoms with Crippen molar-refractivity contribution in [2.45, 2.75) is 70.1 Å². The molecular formula is C23H35NO4. The van der Waals surface area contributed by atoms with E-state index >= 15 is 0 Å². The first-order chi connectivity index (χ1) is 13.6. The van der Waals surface area contributed by atoms with E-state index in [1.54, 1.807) is 0 Å². The van der Waals surface area contributed by atoms with Crippen LogP contribution in [0.25, 0.3) is 0 Å². The summed E-state index contributed by atoms with van der Waals surface area (Å²) in [6, 6.07) is 6.33. The van der Waals surface area contributed by atoms with Crippen molar-refractivity contribution >= 4 is 5.97 Å². The smallest absolute Gasteiger partial charge is 0.304 e. The second-order valence-electron chi connectivity index (χ2n) is 8.33. The molecule has 1 aromatic rings. The fourth-order valence-electron chi connectivity index (χ4n) is 4.39. The molecule has 5 heteroatoms. The Balaban J connectivity index is 1.46. The molecule has 0 amide bonds. The van der Waals surface area contributed by atoms with Crippen molar-refractivity contribution in [2.24, 2.45) is 0 Å². The van der Waals surface area contributed by atoms with Gasteiger partial charge in [0.15, 0.2) is 0 Å².